The van der Waals surface area contributed by atoms with Gasteiger partial charge < -0.3 is 5.73 Å². The number of nitrogen functional groups attached to an aromatic ring is 1. The maximum atomic E-state index is 13.2. The molecule has 4 nitrogen and oxygen atoms in total. The second-order valence-corrected chi connectivity index (χ2v) is 3.78. The van der Waals surface area contributed by atoms with Crippen molar-refractivity contribution in [1.29, 1.82) is 0 Å². The molecule has 2 N–H and O–H groups in total. The largest absolute Gasteiger partial charge is 0.366 e. The van der Waals surface area contributed by atoms with E-state index in [1.807, 2.05) is 0 Å². The molecule has 0 atom stereocenters. The summed E-state index contributed by atoms with van der Waals surface area (Å²) < 4.78 is 27.6. The van der Waals surface area contributed by atoms with Gasteiger partial charge in [0, 0.05) is 5.56 Å². The molecule has 0 radical (unpaired) electrons. The average molecular weight is 246 g/mol. The topological polar surface area (TPSA) is 56.2 Å². The maximum absolute atomic E-state index is 13.2. The van der Waals surface area contributed by atoms with Crippen LogP contribution in [0.5, 0.6) is 0 Å². The fourth-order valence-electron chi connectivity index (χ4n) is 1.80. The quantitative estimate of drug-likeness (QED) is 0.716. The molecule has 0 unspecified atom stereocenters. The molecule has 0 saturated carbocycles. The minimum atomic E-state index is -0.905. The van der Waals surface area contributed by atoms with E-state index in [2.05, 4.69) is 10.1 Å². The Morgan fingerprint density at radius 3 is 2.67 bits per heavy atom. The number of benzene rings is 1. The third-order valence-corrected chi connectivity index (χ3v) is 2.59. The first kappa shape index (κ1) is 10.6. The zero-order valence-electron chi connectivity index (χ0n) is 9.14. The number of rotatable bonds is 1. The van der Waals surface area contributed by atoms with Gasteiger partial charge in [-0.2, -0.15) is 4.98 Å². The van der Waals surface area contributed by atoms with Gasteiger partial charge in [-0.05, 0) is 30.3 Å². The van der Waals surface area contributed by atoms with Crippen LogP contribution in [-0.2, 0) is 0 Å². The lowest BCUT2D eigenvalue weighted by Crippen LogP contribution is -1.95. The molecule has 0 aliphatic heterocycles. The van der Waals surface area contributed by atoms with E-state index in [1.165, 1.54) is 10.6 Å². The van der Waals surface area contributed by atoms with E-state index < -0.39 is 11.6 Å². The number of nitrogens with zero attached hydrogens (tertiary/aromatic N) is 3. The van der Waals surface area contributed by atoms with Gasteiger partial charge in [0.1, 0.15) is 0 Å². The molecule has 0 saturated heterocycles. The van der Waals surface area contributed by atoms with E-state index in [-0.39, 0.29) is 5.95 Å². The molecule has 0 amide bonds. The van der Waals surface area contributed by atoms with Crippen LogP contribution < -0.4 is 5.73 Å². The summed E-state index contributed by atoms with van der Waals surface area (Å²) in [6.45, 7) is 0. The predicted octanol–water partition coefficient (Wildman–Crippen LogP) is 2.26. The van der Waals surface area contributed by atoms with Crippen molar-refractivity contribution in [3.05, 3.63) is 48.0 Å². The van der Waals surface area contributed by atoms with Gasteiger partial charge in [0.15, 0.2) is 17.3 Å². The van der Waals surface area contributed by atoms with Crippen LogP contribution >= 0.6 is 0 Å². The van der Waals surface area contributed by atoms with E-state index in [1.54, 1.807) is 18.2 Å². The van der Waals surface area contributed by atoms with Gasteiger partial charge in [0.2, 0.25) is 5.95 Å². The molecule has 1 aromatic carbocycles. The molecule has 18 heavy (non-hydrogen) atoms. The SMILES string of the molecule is Nc1nc2cccc(-c3ccc(F)c(F)c3)n2n1. The number of hydrogen-bond donors (Lipinski definition) is 1. The van der Waals surface area contributed by atoms with Crippen LogP contribution in [0.25, 0.3) is 16.9 Å². The van der Waals surface area contributed by atoms with Crippen LogP contribution in [0.3, 0.4) is 0 Å². The van der Waals surface area contributed by atoms with Crippen molar-refractivity contribution in [3.63, 3.8) is 0 Å². The van der Waals surface area contributed by atoms with E-state index in [0.29, 0.717) is 16.9 Å². The van der Waals surface area contributed by atoms with Gasteiger partial charge >= 0.3 is 0 Å². The first-order valence-electron chi connectivity index (χ1n) is 5.22. The van der Waals surface area contributed by atoms with Crippen molar-refractivity contribution in [2.45, 2.75) is 0 Å². The molecule has 90 valence electrons. The molecule has 6 heteroatoms. The Morgan fingerprint density at radius 2 is 1.89 bits per heavy atom. The Balaban J connectivity index is 2.27. The van der Waals surface area contributed by atoms with Crippen molar-refractivity contribution in [1.82, 2.24) is 14.6 Å². The third kappa shape index (κ3) is 1.58. The molecule has 0 aliphatic rings. The van der Waals surface area contributed by atoms with E-state index in [4.69, 9.17) is 5.73 Å². The van der Waals surface area contributed by atoms with Crippen molar-refractivity contribution in [3.8, 4) is 11.3 Å². The second-order valence-electron chi connectivity index (χ2n) is 3.78. The summed E-state index contributed by atoms with van der Waals surface area (Å²) in [6, 6.07) is 8.87. The first-order chi connectivity index (χ1) is 8.65. The fourth-order valence-corrected chi connectivity index (χ4v) is 1.80. The standard InChI is InChI=1S/C12H8F2N4/c13-8-5-4-7(6-9(8)14)10-2-1-3-11-16-12(15)17-18(10)11/h1-6H,(H2,15,17). The van der Waals surface area contributed by atoms with Gasteiger partial charge in [0.05, 0.1) is 5.69 Å². The summed E-state index contributed by atoms with van der Waals surface area (Å²) >= 11 is 0. The van der Waals surface area contributed by atoms with Gasteiger partial charge in [-0.3, -0.25) is 0 Å². The van der Waals surface area contributed by atoms with Crippen LogP contribution in [0.2, 0.25) is 0 Å². The normalized spacial score (nSPS) is 11.0. The highest BCUT2D eigenvalue weighted by molar-refractivity contribution is 5.63. The van der Waals surface area contributed by atoms with Crippen molar-refractivity contribution in [2.24, 2.45) is 0 Å². The highest BCUT2D eigenvalue weighted by atomic mass is 19.2. The summed E-state index contributed by atoms with van der Waals surface area (Å²) in [5.41, 5.74) is 7.16. The van der Waals surface area contributed by atoms with Gasteiger partial charge in [0.25, 0.3) is 0 Å². The van der Waals surface area contributed by atoms with Crippen molar-refractivity contribution < 1.29 is 8.78 Å². The van der Waals surface area contributed by atoms with Crippen LogP contribution in [0, 0.1) is 11.6 Å². The van der Waals surface area contributed by atoms with Crippen LogP contribution in [0.15, 0.2) is 36.4 Å². The Hall–Kier alpha value is -2.50. The average Bonchev–Trinajstić information content (AvgIpc) is 2.72. The highest BCUT2D eigenvalue weighted by Gasteiger charge is 2.09. The number of aromatic nitrogens is 3. The number of hydrogen-bond acceptors (Lipinski definition) is 3. The molecule has 0 fully saturated rings. The van der Waals surface area contributed by atoms with E-state index in [9.17, 15) is 8.78 Å². The number of fused-ring (bicyclic) bond motifs is 1. The molecule has 3 rings (SSSR count). The lowest BCUT2D eigenvalue weighted by Gasteiger charge is -2.04. The van der Waals surface area contributed by atoms with Gasteiger partial charge in [-0.15, -0.1) is 5.10 Å². The Morgan fingerprint density at radius 1 is 1.06 bits per heavy atom. The fraction of sp³-hybridized carbons (Fsp3) is 0. The van der Waals surface area contributed by atoms with E-state index in [0.717, 1.165) is 12.1 Å². The summed E-state index contributed by atoms with van der Waals surface area (Å²) in [5, 5.41) is 4.01. The minimum Gasteiger partial charge on any atom is -0.366 e. The highest BCUT2D eigenvalue weighted by Crippen LogP contribution is 2.22. The monoisotopic (exact) mass is 246 g/mol. The summed E-state index contributed by atoms with van der Waals surface area (Å²) in [4.78, 5) is 4.00. The minimum absolute atomic E-state index is 0.130. The number of pyridine rings is 1. The third-order valence-electron chi connectivity index (χ3n) is 2.59. The predicted molar refractivity (Wildman–Crippen MR) is 62.8 cm³/mol. The Bertz CT molecular complexity index is 736. The molecule has 0 spiro atoms. The first-order valence-corrected chi connectivity index (χ1v) is 5.22. The Kier molecular flexibility index (Phi) is 2.22. The lowest BCUT2D eigenvalue weighted by atomic mass is 10.1. The van der Waals surface area contributed by atoms with Gasteiger partial charge in [-0.25, -0.2) is 13.3 Å². The van der Waals surface area contributed by atoms with E-state index >= 15 is 0 Å². The summed E-state index contributed by atoms with van der Waals surface area (Å²) in [6.07, 6.45) is 0. The van der Waals surface area contributed by atoms with Gasteiger partial charge in [-0.1, -0.05) is 6.07 Å². The summed E-state index contributed by atoms with van der Waals surface area (Å²) in [7, 11) is 0. The lowest BCUT2D eigenvalue weighted by molar-refractivity contribution is 0.509. The molecule has 0 bridgehead atoms. The zero-order chi connectivity index (χ0) is 12.7. The smallest absolute Gasteiger partial charge is 0.240 e. The number of nitrogens with two attached hydrogens (primary N) is 1. The number of halogens is 2. The van der Waals surface area contributed by atoms with Crippen LogP contribution in [0.1, 0.15) is 0 Å². The zero-order valence-corrected chi connectivity index (χ0v) is 9.14. The molecular weight excluding hydrogens is 238 g/mol. The molecule has 2 aromatic heterocycles. The maximum Gasteiger partial charge on any atom is 0.240 e. The second kappa shape index (κ2) is 3.76. The van der Waals surface area contributed by atoms with Crippen LogP contribution in [-0.4, -0.2) is 14.6 Å². The van der Waals surface area contributed by atoms with Crippen molar-refractivity contribution in [2.75, 3.05) is 5.73 Å². The summed E-state index contributed by atoms with van der Waals surface area (Å²) in [5.74, 6) is -1.66. The number of anilines is 1. The molecule has 2 heterocycles. The molecule has 0 aliphatic carbocycles. The van der Waals surface area contributed by atoms with Crippen LogP contribution in [0.4, 0.5) is 14.7 Å². The van der Waals surface area contributed by atoms with Crippen molar-refractivity contribution >= 4 is 11.6 Å². The molecular formula is C12H8F2N4. The Labute approximate surface area is 101 Å². The molecule has 3 aromatic rings.